The Hall–Kier alpha value is -3.89. The average Bonchev–Trinajstić information content (AvgIpc) is 3.18. The summed E-state index contributed by atoms with van der Waals surface area (Å²) < 4.78 is 18.1. The lowest BCUT2D eigenvalue weighted by Crippen LogP contribution is -2.17. The molecule has 0 saturated carbocycles. The highest BCUT2D eigenvalue weighted by molar-refractivity contribution is 5.93. The first-order valence-corrected chi connectivity index (χ1v) is 12.6. The number of rotatable bonds is 9. The second-order valence-corrected chi connectivity index (χ2v) is 9.18. The number of benzene rings is 4. The van der Waals surface area contributed by atoms with Crippen molar-refractivity contribution in [2.45, 2.75) is 26.3 Å². The summed E-state index contributed by atoms with van der Waals surface area (Å²) in [6.07, 6.45) is 2.12. The summed E-state index contributed by atoms with van der Waals surface area (Å²) in [5.41, 5.74) is 6.51. The summed E-state index contributed by atoms with van der Waals surface area (Å²) in [5, 5.41) is 14.0. The Morgan fingerprint density at radius 3 is 2.22 bits per heavy atom. The van der Waals surface area contributed by atoms with Crippen molar-refractivity contribution in [3.63, 3.8) is 0 Å². The summed E-state index contributed by atoms with van der Waals surface area (Å²) in [5.74, 6) is -0.259. The molecule has 1 aromatic heterocycles. The number of fused-ring (bicyclic) bond motifs is 1. The van der Waals surface area contributed by atoms with E-state index in [1.54, 1.807) is 12.1 Å². The maximum Gasteiger partial charge on any atom is 0.156 e. The molecule has 0 amide bonds. The molecule has 5 aromatic rings. The van der Waals surface area contributed by atoms with Crippen LogP contribution in [0.3, 0.4) is 0 Å². The van der Waals surface area contributed by atoms with E-state index < -0.39 is 0 Å². The molecule has 0 atom stereocenters. The first kappa shape index (κ1) is 23.8. The summed E-state index contributed by atoms with van der Waals surface area (Å²) in [6, 6.07) is 31.5. The monoisotopic (exact) mass is 478 g/mol. The molecule has 4 aromatic carbocycles. The summed E-state index contributed by atoms with van der Waals surface area (Å²) in [7, 11) is 0. The van der Waals surface area contributed by atoms with Crippen LogP contribution in [-0.2, 0) is 13.0 Å². The van der Waals surface area contributed by atoms with Crippen LogP contribution >= 0.6 is 0 Å². The Morgan fingerprint density at radius 1 is 0.778 bits per heavy atom. The fourth-order valence-corrected chi connectivity index (χ4v) is 4.82. The molecule has 5 rings (SSSR count). The fraction of sp³-hybridized carbons (Fsp3) is 0.188. The molecule has 0 aliphatic heterocycles. The normalized spacial score (nSPS) is 11.3. The second-order valence-electron chi connectivity index (χ2n) is 9.18. The largest absolute Gasteiger partial charge is 0.508 e. The fourth-order valence-electron chi connectivity index (χ4n) is 4.82. The van der Waals surface area contributed by atoms with E-state index >= 15 is 4.39 Å². The molecule has 4 heteroatoms. The number of aromatic hydroxyl groups is 1. The lowest BCUT2D eigenvalue weighted by Gasteiger charge is -2.15. The van der Waals surface area contributed by atoms with E-state index in [2.05, 4.69) is 36.5 Å². The first-order valence-electron chi connectivity index (χ1n) is 12.6. The lowest BCUT2D eigenvalue weighted by molar-refractivity contribution is 0.476. The zero-order chi connectivity index (χ0) is 24.9. The zero-order valence-electron chi connectivity index (χ0n) is 20.5. The van der Waals surface area contributed by atoms with Crippen molar-refractivity contribution in [3.8, 4) is 28.1 Å². The maximum atomic E-state index is 16.1. The number of hydrogen-bond donors (Lipinski definition) is 2. The third kappa shape index (κ3) is 4.91. The number of nitrogens with one attached hydrogen (secondary N) is 1. The van der Waals surface area contributed by atoms with Crippen molar-refractivity contribution < 1.29 is 9.50 Å². The SMILES string of the molecule is CCCNCCc1ccc(Cn2c(-c3ccccc3-c3ccccc3)c(F)c3cc(O)ccc32)cc1. The van der Waals surface area contributed by atoms with Crippen LogP contribution in [0.25, 0.3) is 33.3 Å². The van der Waals surface area contributed by atoms with E-state index in [1.165, 1.54) is 11.6 Å². The first-order chi connectivity index (χ1) is 17.7. The van der Waals surface area contributed by atoms with Crippen LogP contribution in [0.15, 0.2) is 97.1 Å². The van der Waals surface area contributed by atoms with Crippen molar-refractivity contribution >= 4 is 10.9 Å². The molecule has 182 valence electrons. The van der Waals surface area contributed by atoms with Crippen molar-refractivity contribution in [2.24, 2.45) is 0 Å². The van der Waals surface area contributed by atoms with Crippen LogP contribution in [0, 0.1) is 5.82 Å². The van der Waals surface area contributed by atoms with Gasteiger partial charge in [0, 0.05) is 17.5 Å². The van der Waals surface area contributed by atoms with Crippen LogP contribution < -0.4 is 5.32 Å². The van der Waals surface area contributed by atoms with Gasteiger partial charge in [0.25, 0.3) is 0 Å². The van der Waals surface area contributed by atoms with Gasteiger partial charge in [-0.25, -0.2) is 4.39 Å². The number of phenols is 1. The predicted molar refractivity (Wildman–Crippen MR) is 147 cm³/mol. The van der Waals surface area contributed by atoms with Gasteiger partial charge in [0.2, 0.25) is 0 Å². The third-order valence-electron chi connectivity index (χ3n) is 6.63. The highest BCUT2D eigenvalue weighted by Crippen LogP contribution is 2.39. The van der Waals surface area contributed by atoms with Gasteiger partial charge in [-0.15, -0.1) is 0 Å². The van der Waals surface area contributed by atoms with E-state index in [4.69, 9.17) is 0 Å². The standard InChI is InChI=1S/C32H31FN2O/c1-2-19-34-20-18-23-12-14-24(15-13-23)22-35-30-17-16-26(36)21-29(30)31(33)32(35)28-11-7-6-10-27(28)25-8-4-3-5-9-25/h3-17,21,34,36H,2,18-20,22H2,1H3. The van der Waals surface area contributed by atoms with Gasteiger partial charge < -0.3 is 15.0 Å². The van der Waals surface area contributed by atoms with Gasteiger partial charge in [0.15, 0.2) is 5.82 Å². The molecule has 0 aliphatic carbocycles. The van der Waals surface area contributed by atoms with Gasteiger partial charge in [-0.3, -0.25) is 0 Å². The molecule has 0 saturated heterocycles. The van der Waals surface area contributed by atoms with Crippen molar-refractivity contribution in [1.82, 2.24) is 9.88 Å². The van der Waals surface area contributed by atoms with Gasteiger partial charge in [-0.2, -0.15) is 0 Å². The van der Waals surface area contributed by atoms with Crippen molar-refractivity contribution in [1.29, 1.82) is 0 Å². The van der Waals surface area contributed by atoms with Crippen LogP contribution in [0.4, 0.5) is 4.39 Å². The predicted octanol–water partition coefficient (Wildman–Crippen LogP) is 7.41. The van der Waals surface area contributed by atoms with Gasteiger partial charge in [0.1, 0.15) is 5.75 Å². The number of nitrogens with zero attached hydrogens (tertiary/aromatic N) is 1. The quantitative estimate of drug-likeness (QED) is 0.216. The molecule has 1 heterocycles. The molecule has 0 unspecified atom stereocenters. The molecule has 36 heavy (non-hydrogen) atoms. The number of hydrogen-bond acceptors (Lipinski definition) is 2. The van der Waals surface area contributed by atoms with Crippen LogP contribution in [0.2, 0.25) is 0 Å². The van der Waals surface area contributed by atoms with E-state index in [1.807, 2.05) is 59.2 Å². The van der Waals surface area contributed by atoms with Gasteiger partial charge >= 0.3 is 0 Å². The smallest absolute Gasteiger partial charge is 0.156 e. The Balaban J connectivity index is 1.57. The summed E-state index contributed by atoms with van der Waals surface area (Å²) >= 11 is 0. The zero-order valence-corrected chi connectivity index (χ0v) is 20.5. The van der Waals surface area contributed by atoms with Gasteiger partial charge in [-0.05, 0) is 66.4 Å². The molecular formula is C32H31FN2O. The molecule has 2 N–H and O–H groups in total. The Morgan fingerprint density at radius 2 is 1.47 bits per heavy atom. The molecular weight excluding hydrogens is 447 g/mol. The molecule has 0 fully saturated rings. The van der Waals surface area contributed by atoms with Gasteiger partial charge in [0.05, 0.1) is 11.2 Å². The Bertz CT molecular complexity index is 1460. The molecule has 0 aliphatic rings. The minimum Gasteiger partial charge on any atom is -0.508 e. The second kappa shape index (κ2) is 10.8. The Labute approximate surface area is 211 Å². The van der Waals surface area contributed by atoms with Crippen LogP contribution in [0.5, 0.6) is 5.75 Å². The van der Waals surface area contributed by atoms with Gasteiger partial charge in [-0.1, -0.05) is 85.8 Å². The lowest BCUT2D eigenvalue weighted by atomic mass is 9.97. The highest BCUT2D eigenvalue weighted by atomic mass is 19.1. The van der Waals surface area contributed by atoms with E-state index in [0.29, 0.717) is 17.6 Å². The Kier molecular flexibility index (Phi) is 7.15. The van der Waals surface area contributed by atoms with E-state index in [9.17, 15) is 5.11 Å². The number of phenolic OH excluding ortho intramolecular Hbond substituents is 1. The van der Waals surface area contributed by atoms with E-state index in [-0.39, 0.29) is 11.6 Å². The molecule has 0 radical (unpaired) electrons. The molecule has 0 bridgehead atoms. The van der Waals surface area contributed by atoms with Crippen LogP contribution in [-0.4, -0.2) is 22.8 Å². The van der Waals surface area contributed by atoms with Crippen LogP contribution in [0.1, 0.15) is 24.5 Å². The van der Waals surface area contributed by atoms with Crippen molar-refractivity contribution in [2.75, 3.05) is 13.1 Å². The average molecular weight is 479 g/mol. The third-order valence-corrected chi connectivity index (χ3v) is 6.63. The summed E-state index contributed by atoms with van der Waals surface area (Å²) in [4.78, 5) is 0. The highest BCUT2D eigenvalue weighted by Gasteiger charge is 2.22. The van der Waals surface area contributed by atoms with E-state index in [0.717, 1.165) is 53.7 Å². The maximum absolute atomic E-state index is 16.1. The minimum absolute atomic E-state index is 0.0579. The molecule has 3 nitrogen and oxygen atoms in total. The topological polar surface area (TPSA) is 37.2 Å². The number of aromatic nitrogens is 1. The molecule has 0 spiro atoms. The van der Waals surface area contributed by atoms with Crippen molar-refractivity contribution in [3.05, 3.63) is 114 Å². The minimum atomic E-state index is -0.317. The number of halogens is 1. The summed E-state index contributed by atoms with van der Waals surface area (Å²) in [6.45, 7) is 4.69.